The minimum Gasteiger partial charge on any atom is -0.309 e. The molecule has 0 aliphatic carbocycles. The highest BCUT2D eigenvalue weighted by atomic mass is 15.0. The van der Waals surface area contributed by atoms with Gasteiger partial charge in [0.25, 0.3) is 0 Å². The van der Waals surface area contributed by atoms with Gasteiger partial charge in [-0.15, -0.1) is 0 Å². The molecular weight excluding hydrogens is 779 g/mol. The summed E-state index contributed by atoms with van der Waals surface area (Å²) < 4.78 is 4.78. The minimum absolute atomic E-state index is 0.642. The number of nitrogens with zero attached hydrogens (tertiary/aromatic N) is 5. The number of nitriles is 1. The predicted molar refractivity (Wildman–Crippen MR) is 263 cm³/mol. The third-order valence-electron chi connectivity index (χ3n) is 12.4. The maximum atomic E-state index is 9.70. The lowest BCUT2D eigenvalue weighted by Gasteiger charge is -2.18. The van der Waals surface area contributed by atoms with Gasteiger partial charge in [-0.3, -0.25) is 0 Å². The van der Waals surface area contributed by atoms with E-state index in [0.717, 1.165) is 94.5 Å². The summed E-state index contributed by atoms with van der Waals surface area (Å²) in [6.45, 7) is 0. The highest BCUT2D eigenvalue weighted by Crippen LogP contribution is 2.41. The van der Waals surface area contributed by atoms with E-state index < -0.39 is 0 Å². The van der Waals surface area contributed by atoms with E-state index >= 15 is 0 Å². The maximum absolute atomic E-state index is 9.70. The molecule has 0 bridgehead atoms. The quantitative estimate of drug-likeness (QED) is 0.161. The molecule has 0 spiro atoms. The van der Waals surface area contributed by atoms with Crippen molar-refractivity contribution in [2.24, 2.45) is 0 Å². The molecule has 3 aromatic heterocycles. The summed E-state index contributed by atoms with van der Waals surface area (Å²) >= 11 is 0. The van der Waals surface area contributed by atoms with Crippen molar-refractivity contribution in [2.45, 2.75) is 0 Å². The Bertz CT molecular complexity index is 3690. The Morgan fingerprint density at radius 2 is 0.875 bits per heavy atom. The molecule has 0 N–H and O–H groups in total. The Hall–Kier alpha value is -8.85. The van der Waals surface area contributed by atoms with E-state index in [4.69, 9.17) is 9.97 Å². The molecule has 0 aliphatic rings. The van der Waals surface area contributed by atoms with Crippen molar-refractivity contribution in [1.29, 1.82) is 5.26 Å². The van der Waals surface area contributed by atoms with Crippen LogP contribution in [0.2, 0.25) is 0 Å². The number of aromatic nitrogens is 4. The van der Waals surface area contributed by atoms with Gasteiger partial charge in [0.05, 0.1) is 50.8 Å². The zero-order valence-electron chi connectivity index (χ0n) is 34.6. The molecule has 5 heteroatoms. The first-order valence-electron chi connectivity index (χ1n) is 21.5. The second kappa shape index (κ2) is 15.3. The fourth-order valence-corrected chi connectivity index (χ4v) is 9.38. The van der Waals surface area contributed by atoms with Crippen LogP contribution < -0.4 is 0 Å². The molecule has 0 radical (unpaired) electrons. The molecule has 0 saturated heterocycles. The van der Waals surface area contributed by atoms with Gasteiger partial charge in [0.2, 0.25) is 0 Å². The maximum Gasteiger partial charge on any atom is 0.160 e. The Morgan fingerprint density at radius 1 is 0.344 bits per heavy atom. The molecular formula is C59H37N5. The van der Waals surface area contributed by atoms with Crippen molar-refractivity contribution >= 4 is 43.6 Å². The molecule has 0 fully saturated rings. The zero-order chi connectivity index (χ0) is 42.6. The summed E-state index contributed by atoms with van der Waals surface area (Å²) in [5.74, 6) is 0.675. The molecule has 0 atom stereocenters. The number of para-hydroxylation sites is 3. The summed E-state index contributed by atoms with van der Waals surface area (Å²) in [5, 5.41) is 14.4. The topological polar surface area (TPSA) is 59.4 Å². The second-order valence-electron chi connectivity index (χ2n) is 16.1. The van der Waals surface area contributed by atoms with Gasteiger partial charge in [0, 0.05) is 49.5 Å². The Balaban J connectivity index is 1.11. The van der Waals surface area contributed by atoms with Gasteiger partial charge in [-0.05, 0) is 89.5 Å². The van der Waals surface area contributed by atoms with Crippen molar-refractivity contribution in [2.75, 3.05) is 0 Å². The molecule has 5 nitrogen and oxygen atoms in total. The molecule has 64 heavy (non-hydrogen) atoms. The summed E-state index contributed by atoms with van der Waals surface area (Å²) in [4.78, 5) is 10.4. The monoisotopic (exact) mass is 815 g/mol. The summed E-state index contributed by atoms with van der Waals surface area (Å²) in [6, 6.07) is 81.1. The van der Waals surface area contributed by atoms with Gasteiger partial charge in [0.15, 0.2) is 5.82 Å². The molecule has 0 unspecified atom stereocenters. The summed E-state index contributed by atoms with van der Waals surface area (Å²) in [5.41, 5.74) is 16.2. The van der Waals surface area contributed by atoms with E-state index in [9.17, 15) is 5.26 Å². The third-order valence-corrected chi connectivity index (χ3v) is 12.4. The van der Waals surface area contributed by atoms with Crippen LogP contribution in [-0.4, -0.2) is 19.1 Å². The first kappa shape index (κ1) is 37.0. The van der Waals surface area contributed by atoms with E-state index in [1.807, 2.05) is 42.5 Å². The minimum atomic E-state index is 0.642. The van der Waals surface area contributed by atoms with Gasteiger partial charge in [-0.1, -0.05) is 152 Å². The van der Waals surface area contributed by atoms with Crippen LogP contribution in [0.3, 0.4) is 0 Å². The SMILES string of the molecule is N#Cc1cccc(-c2ccc3c(c2)c2ccccc2n3-c2ccc(-c3cc(-c4ccccc4)nc(-c4ccccc4)n3)cc2-c2cccc(-n3c4ccccc4c4ccccc43)c2)c1. The average molecular weight is 816 g/mol. The average Bonchev–Trinajstić information content (AvgIpc) is 3.89. The van der Waals surface area contributed by atoms with Crippen molar-refractivity contribution in [3.8, 4) is 73.6 Å². The number of hydrogen-bond donors (Lipinski definition) is 0. The van der Waals surface area contributed by atoms with Crippen LogP contribution >= 0.6 is 0 Å². The van der Waals surface area contributed by atoms with Crippen LogP contribution in [0.5, 0.6) is 0 Å². The van der Waals surface area contributed by atoms with Crippen LogP contribution in [0.15, 0.2) is 224 Å². The summed E-state index contributed by atoms with van der Waals surface area (Å²) in [7, 11) is 0. The van der Waals surface area contributed by atoms with Crippen LogP contribution in [0, 0.1) is 11.3 Å². The van der Waals surface area contributed by atoms with Crippen LogP contribution in [-0.2, 0) is 0 Å². The molecule has 9 aromatic carbocycles. The van der Waals surface area contributed by atoms with Crippen LogP contribution in [0.4, 0.5) is 0 Å². The van der Waals surface area contributed by atoms with Crippen molar-refractivity contribution in [3.63, 3.8) is 0 Å². The standard InChI is InChI=1S/C59H37N5/c60-38-39-15-13-20-42(33-39)43-29-31-58-51(35-43)49-25-9-12-28-56(49)64(58)57-32-30-45(53-37-52(40-16-3-1-4-17-40)61-59(62-53)41-18-5-2-6-19-41)36-50(57)44-21-14-22-46(34-44)63-54-26-10-7-23-47(54)48-24-8-11-27-55(48)63/h1-37H. The van der Waals surface area contributed by atoms with Crippen molar-refractivity contribution in [3.05, 3.63) is 230 Å². The van der Waals surface area contributed by atoms with Crippen molar-refractivity contribution in [1.82, 2.24) is 19.1 Å². The molecule has 12 aromatic rings. The highest BCUT2D eigenvalue weighted by molar-refractivity contribution is 6.11. The lowest BCUT2D eigenvalue weighted by Crippen LogP contribution is -2.00. The van der Waals surface area contributed by atoms with E-state index in [1.165, 1.54) is 10.8 Å². The van der Waals surface area contributed by atoms with E-state index in [1.54, 1.807) is 0 Å². The Kier molecular flexibility index (Phi) is 8.81. The van der Waals surface area contributed by atoms with Gasteiger partial charge in [-0.2, -0.15) is 5.26 Å². The number of benzene rings is 9. The molecule has 298 valence electrons. The smallest absolute Gasteiger partial charge is 0.160 e. The normalized spacial score (nSPS) is 11.4. The lowest BCUT2D eigenvalue weighted by atomic mass is 9.97. The van der Waals surface area contributed by atoms with Crippen LogP contribution in [0.25, 0.3) is 111 Å². The van der Waals surface area contributed by atoms with E-state index in [2.05, 4.69) is 197 Å². The van der Waals surface area contributed by atoms with Crippen LogP contribution in [0.1, 0.15) is 5.56 Å². The second-order valence-corrected chi connectivity index (χ2v) is 16.1. The third kappa shape index (κ3) is 6.24. The van der Waals surface area contributed by atoms with Gasteiger partial charge in [0.1, 0.15) is 0 Å². The van der Waals surface area contributed by atoms with Gasteiger partial charge >= 0.3 is 0 Å². The highest BCUT2D eigenvalue weighted by Gasteiger charge is 2.20. The van der Waals surface area contributed by atoms with Crippen molar-refractivity contribution < 1.29 is 0 Å². The molecule has 0 amide bonds. The number of rotatable bonds is 7. The zero-order valence-corrected chi connectivity index (χ0v) is 34.6. The Morgan fingerprint density at radius 3 is 1.58 bits per heavy atom. The van der Waals surface area contributed by atoms with E-state index in [0.29, 0.717) is 11.4 Å². The van der Waals surface area contributed by atoms with Gasteiger partial charge < -0.3 is 9.13 Å². The first-order valence-corrected chi connectivity index (χ1v) is 21.5. The predicted octanol–water partition coefficient (Wildman–Crippen LogP) is 14.9. The Labute approximate surface area is 370 Å². The van der Waals surface area contributed by atoms with Gasteiger partial charge in [-0.25, -0.2) is 9.97 Å². The molecule has 12 rings (SSSR count). The largest absolute Gasteiger partial charge is 0.309 e. The fraction of sp³-hybridized carbons (Fsp3) is 0. The lowest BCUT2D eigenvalue weighted by molar-refractivity contribution is 1.16. The molecule has 0 saturated carbocycles. The first-order chi connectivity index (χ1) is 31.7. The number of fused-ring (bicyclic) bond motifs is 6. The van der Waals surface area contributed by atoms with E-state index in [-0.39, 0.29) is 0 Å². The fourth-order valence-electron chi connectivity index (χ4n) is 9.38. The molecule has 3 heterocycles. The number of hydrogen-bond acceptors (Lipinski definition) is 3. The molecule has 0 aliphatic heterocycles. The summed E-state index contributed by atoms with van der Waals surface area (Å²) in [6.07, 6.45) is 0.